The van der Waals surface area contributed by atoms with Gasteiger partial charge in [0.2, 0.25) is 0 Å². The number of amides is 1. The minimum Gasteiger partial charge on any atom is -0.497 e. The topological polar surface area (TPSA) is 60.5 Å². The van der Waals surface area contributed by atoms with Gasteiger partial charge in [0.1, 0.15) is 22.8 Å². The molecule has 0 radical (unpaired) electrons. The summed E-state index contributed by atoms with van der Waals surface area (Å²) in [4.78, 5) is 15.7. The normalized spacial score (nSPS) is 15.3. The number of halogens is 1. The first-order valence-corrected chi connectivity index (χ1v) is 13.1. The molecule has 1 fully saturated rings. The number of methoxy groups -OCH3 is 1. The van der Waals surface area contributed by atoms with Crippen LogP contribution >= 0.6 is 11.6 Å². The fourth-order valence-electron chi connectivity index (χ4n) is 5.52. The van der Waals surface area contributed by atoms with E-state index in [2.05, 4.69) is 52.3 Å². The lowest BCUT2D eigenvalue weighted by atomic mass is 9.98. The Bertz CT molecular complexity index is 1640. The predicted octanol–water partition coefficient (Wildman–Crippen LogP) is 6.94. The molecule has 1 atom stereocenters. The Morgan fingerprint density at radius 3 is 2.76 bits per heavy atom. The van der Waals surface area contributed by atoms with Crippen molar-refractivity contribution in [1.82, 2.24) is 14.6 Å². The molecule has 3 aromatic carbocycles. The van der Waals surface area contributed by atoms with Crippen LogP contribution in [0.3, 0.4) is 0 Å². The van der Waals surface area contributed by atoms with Gasteiger partial charge in [0.05, 0.1) is 12.1 Å². The summed E-state index contributed by atoms with van der Waals surface area (Å²) in [6.07, 6.45) is 3.15. The fraction of sp³-hybridized carbons (Fsp3) is 0.226. The molecule has 1 saturated heterocycles. The lowest BCUT2D eigenvalue weighted by Gasteiger charge is -2.17. The Morgan fingerprint density at radius 2 is 1.92 bits per heavy atom. The van der Waals surface area contributed by atoms with Crippen LogP contribution in [0.5, 0.6) is 5.75 Å². The van der Waals surface area contributed by atoms with Gasteiger partial charge in [-0.2, -0.15) is 0 Å². The van der Waals surface area contributed by atoms with Crippen molar-refractivity contribution in [1.29, 1.82) is 0 Å². The summed E-state index contributed by atoms with van der Waals surface area (Å²) >= 11 is 6.42. The number of carbonyl (C=O) groups is 1. The summed E-state index contributed by atoms with van der Waals surface area (Å²) in [7, 11) is 1.69. The van der Waals surface area contributed by atoms with Gasteiger partial charge in [-0.1, -0.05) is 65.3 Å². The monoisotopic (exact) mass is 525 g/mol. The zero-order valence-electron chi connectivity index (χ0n) is 21.4. The van der Waals surface area contributed by atoms with E-state index in [1.165, 1.54) is 22.0 Å². The lowest BCUT2D eigenvalue weighted by Crippen LogP contribution is -2.29. The number of ether oxygens (including phenoxy) is 1. The van der Waals surface area contributed by atoms with Gasteiger partial charge < -0.3 is 18.7 Å². The van der Waals surface area contributed by atoms with Gasteiger partial charge in [0.15, 0.2) is 0 Å². The number of hydrogen-bond donors (Lipinski definition) is 0. The highest BCUT2D eigenvalue weighted by Crippen LogP contribution is 2.37. The van der Waals surface area contributed by atoms with Crippen molar-refractivity contribution in [2.24, 2.45) is 0 Å². The van der Waals surface area contributed by atoms with E-state index in [1.807, 2.05) is 35.2 Å². The molecule has 1 unspecified atom stereocenters. The van der Waals surface area contributed by atoms with E-state index < -0.39 is 0 Å². The van der Waals surface area contributed by atoms with Crippen molar-refractivity contribution < 1.29 is 14.1 Å². The third-order valence-corrected chi connectivity index (χ3v) is 7.76. The van der Waals surface area contributed by atoms with Crippen molar-refractivity contribution in [3.05, 3.63) is 106 Å². The molecule has 0 N–H and O–H groups in total. The Kier molecular flexibility index (Phi) is 6.42. The molecule has 0 spiro atoms. The Hall–Kier alpha value is -4.03. The minimum absolute atomic E-state index is 0.0683. The summed E-state index contributed by atoms with van der Waals surface area (Å²) < 4.78 is 13.2. The standard InChI is InChI=1S/C31H28ClN3O3/c1-20-29(30(33-38-20)25-11-3-5-12-27(25)32)31(36)34-15-14-22(18-34)26-19-35(28-13-6-4-10-24(26)28)17-21-8-7-9-23(16-21)37-2/h3-13,16,19,22H,14-15,17-18H2,1-2H3. The number of para-hydroxylation sites is 1. The minimum atomic E-state index is -0.0683. The van der Waals surface area contributed by atoms with Crippen LogP contribution in [0.2, 0.25) is 5.02 Å². The first-order valence-electron chi connectivity index (χ1n) is 12.7. The van der Waals surface area contributed by atoms with E-state index in [4.69, 9.17) is 20.9 Å². The molecule has 0 bridgehead atoms. The predicted molar refractivity (Wildman–Crippen MR) is 149 cm³/mol. The van der Waals surface area contributed by atoms with Gasteiger partial charge in [0, 0.05) is 48.2 Å². The number of nitrogens with zero attached hydrogens (tertiary/aromatic N) is 3. The van der Waals surface area contributed by atoms with E-state index in [0.29, 0.717) is 40.7 Å². The van der Waals surface area contributed by atoms with Crippen molar-refractivity contribution in [3.8, 4) is 17.0 Å². The second-order valence-electron chi connectivity index (χ2n) is 9.76. The second-order valence-corrected chi connectivity index (χ2v) is 10.2. The molecule has 7 heteroatoms. The van der Waals surface area contributed by atoms with Gasteiger partial charge in [-0.25, -0.2) is 0 Å². The van der Waals surface area contributed by atoms with E-state index in [1.54, 1.807) is 20.1 Å². The maximum Gasteiger partial charge on any atom is 0.259 e. The summed E-state index contributed by atoms with van der Waals surface area (Å²) in [5, 5.41) is 5.96. The second kappa shape index (κ2) is 10.0. The van der Waals surface area contributed by atoms with E-state index in [9.17, 15) is 4.79 Å². The van der Waals surface area contributed by atoms with Crippen LogP contribution < -0.4 is 4.74 Å². The summed E-state index contributed by atoms with van der Waals surface area (Å²) in [5.74, 6) is 1.52. The largest absolute Gasteiger partial charge is 0.497 e. The van der Waals surface area contributed by atoms with Crippen LogP contribution in [0.15, 0.2) is 83.5 Å². The summed E-state index contributed by atoms with van der Waals surface area (Å²) in [6.45, 7) is 3.83. The molecular formula is C31H28ClN3O3. The Labute approximate surface area is 226 Å². The molecule has 3 heterocycles. The van der Waals surface area contributed by atoms with Crippen LogP contribution in [-0.4, -0.2) is 40.7 Å². The highest BCUT2D eigenvalue weighted by molar-refractivity contribution is 6.33. The number of likely N-dealkylation sites (tertiary alicyclic amines) is 1. The molecule has 192 valence electrons. The number of aryl methyl sites for hydroxylation is 1. The van der Waals surface area contributed by atoms with Crippen LogP contribution in [0.1, 0.15) is 39.6 Å². The molecule has 6 rings (SSSR count). The molecule has 1 aliphatic rings. The zero-order chi connectivity index (χ0) is 26.2. The highest BCUT2D eigenvalue weighted by Gasteiger charge is 2.33. The average Bonchev–Trinajstić information content (AvgIpc) is 3.66. The SMILES string of the molecule is COc1cccc(Cn2cc(C3CCN(C(=O)c4c(-c5ccccc5Cl)noc4C)C3)c3ccccc32)c1. The zero-order valence-corrected chi connectivity index (χ0v) is 22.1. The quantitative estimate of drug-likeness (QED) is 0.241. The van der Waals surface area contributed by atoms with Crippen LogP contribution in [0.4, 0.5) is 0 Å². The number of fused-ring (bicyclic) bond motifs is 1. The lowest BCUT2D eigenvalue weighted by molar-refractivity contribution is 0.0789. The third-order valence-electron chi connectivity index (χ3n) is 7.43. The number of aromatic nitrogens is 2. The average molecular weight is 526 g/mol. The van der Waals surface area contributed by atoms with Crippen LogP contribution in [0.25, 0.3) is 22.2 Å². The van der Waals surface area contributed by atoms with Crippen molar-refractivity contribution in [3.63, 3.8) is 0 Å². The first kappa shape index (κ1) is 24.3. The number of hydrogen-bond acceptors (Lipinski definition) is 4. The van der Waals surface area contributed by atoms with Gasteiger partial charge in [0.25, 0.3) is 5.91 Å². The van der Waals surface area contributed by atoms with Gasteiger partial charge in [-0.3, -0.25) is 4.79 Å². The van der Waals surface area contributed by atoms with E-state index >= 15 is 0 Å². The Morgan fingerprint density at radius 1 is 1.11 bits per heavy atom. The number of benzene rings is 3. The molecule has 0 aliphatic carbocycles. The van der Waals surface area contributed by atoms with Gasteiger partial charge in [-0.15, -0.1) is 0 Å². The first-order chi connectivity index (χ1) is 18.5. The fourth-order valence-corrected chi connectivity index (χ4v) is 5.74. The molecule has 1 amide bonds. The van der Waals surface area contributed by atoms with Crippen LogP contribution in [-0.2, 0) is 6.54 Å². The molecule has 2 aromatic heterocycles. The number of carbonyl (C=O) groups excluding carboxylic acids is 1. The molecule has 6 nitrogen and oxygen atoms in total. The molecule has 5 aromatic rings. The molecular weight excluding hydrogens is 498 g/mol. The highest BCUT2D eigenvalue weighted by atomic mass is 35.5. The van der Waals surface area contributed by atoms with E-state index in [0.717, 1.165) is 18.7 Å². The Balaban J connectivity index is 1.28. The van der Waals surface area contributed by atoms with E-state index in [-0.39, 0.29) is 11.8 Å². The van der Waals surface area contributed by atoms with Crippen LogP contribution in [0, 0.1) is 6.92 Å². The summed E-state index contributed by atoms with van der Waals surface area (Å²) in [6, 6.07) is 24.0. The van der Waals surface area contributed by atoms with Crippen molar-refractivity contribution in [2.45, 2.75) is 25.8 Å². The summed E-state index contributed by atoms with van der Waals surface area (Å²) in [5.41, 5.74) is 5.31. The maximum atomic E-state index is 13.7. The molecule has 38 heavy (non-hydrogen) atoms. The third kappa shape index (κ3) is 4.35. The molecule has 0 saturated carbocycles. The maximum absolute atomic E-state index is 13.7. The van der Waals surface area contributed by atoms with Crippen molar-refractivity contribution in [2.75, 3.05) is 20.2 Å². The number of rotatable bonds is 6. The van der Waals surface area contributed by atoms with Gasteiger partial charge in [-0.05, 0) is 48.7 Å². The molecule has 1 aliphatic heterocycles. The smallest absolute Gasteiger partial charge is 0.259 e. The van der Waals surface area contributed by atoms with Gasteiger partial charge >= 0.3 is 0 Å². The van der Waals surface area contributed by atoms with Crippen molar-refractivity contribution >= 4 is 28.4 Å².